The molecule has 0 aromatic heterocycles. The van der Waals surface area contributed by atoms with Crippen LogP contribution in [0.25, 0.3) is 0 Å². The number of allylic oxidation sites excluding steroid dienone is 1. The summed E-state index contributed by atoms with van der Waals surface area (Å²) in [6, 6.07) is 0. The van der Waals surface area contributed by atoms with Crippen LogP contribution in [0, 0.1) is 0 Å². The van der Waals surface area contributed by atoms with Crippen LogP contribution < -0.4 is 0 Å². The molecular weight excluding hydrogens is 55.0 g/mol. The fourth-order valence-electron chi connectivity index (χ4n) is 0. The molecule has 0 aliphatic heterocycles. The predicted molar refractivity (Wildman–Crippen MR) is 15.9 cm³/mol. The van der Waals surface area contributed by atoms with Crippen molar-refractivity contribution in [3.63, 3.8) is 0 Å². The maximum Gasteiger partial charge on any atom is 0.0824 e. The minimum absolute atomic E-state index is 0.500. The number of rotatable bonds is 0. The van der Waals surface area contributed by atoms with Crippen LogP contribution in [0.3, 0.4) is 0 Å². The van der Waals surface area contributed by atoms with Gasteiger partial charge in [0.1, 0.15) is 0 Å². The quantitative estimate of drug-likeness (QED) is 0.397. The molecule has 0 radical (unpaired) electrons. The summed E-state index contributed by atoms with van der Waals surface area (Å²) in [5.74, 6) is 0. The van der Waals surface area contributed by atoms with Gasteiger partial charge in [-0.2, -0.15) is 0 Å². The van der Waals surface area contributed by atoms with E-state index in [1.165, 1.54) is 6.08 Å². The molecule has 0 aliphatic carbocycles. The fourth-order valence-corrected chi connectivity index (χ4v) is 0. The average molecular weight is 60.1 g/mol. The molecule has 1 heteroatoms. The summed E-state index contributed by atoms with van der Waals surface area (Å²) in [6.45, 7) is 1.62. The van der Waals surface area contributed by atoms with E-state index in [1.807, 2.05) is 0 Å². The molecule has 0 aromatic rings. The first-order valence-electron chi connectivity index (χ1n) is 1.13. The Labute approximate surface area is 24.9 Å². The van der Waals surface area contributed by atoms with Crippen LogP contribution in [0.5, 0.6) is 0 Å². The molecule has 0 nitrogen and oxygen atoms in total. The lowest BCUT2D eigenvalue weighted by Crippen LogP contribution is -1.22. The standard InChI is InChI=1S/C3H5F/c1-2-3-4/h2-3H,1H3/b3-2-. The van der Waals surface area contributed by atoms with Gasteiger partial charge in [0.2, 0.25) is 0 Å². The van der Waals surface area contributed by atoms with Crippen molar-refractivity contribution in [2.24, 2.45) is 0 Å². The summed E-state index contributed by atoms with van der Waals surface area (Å²) in [7, 11) is 0. The monoisotopic (exact) mass is 60.0 g/mol. The summed E-state index contributed by atoms with van der Waals surface area (Å²) in [6.07, 6.45) is 1.83. The normalized spacial score (nSPS) is 9.50. The van der Waals surface area contributed by atoms with Gasteiger partial charge in [-0.25, -0.2) is 4.39 Å². The minimum Gasteiger partial charge on any atom is -0.216 e. The number of hydrogen-bond donors (Lipinski definition) is 0. The zero-order valence-corrected chi connectivity index (χ0v) is 2.53. The Hall–Kier alpha value is -0.330. The van der Waals surface area contributed by atoms with Gasteiger partial charge in [-0.1, -0.05) is 6.08 Å². The van der Waals surface area contributed by atoms with Gasteiger partial charge in [0.05, 0.1) is 6.33 Å². The van der Waals surface area contributed by atoms with Crippen molar-refractivity contribution < 1.29 is 4.39 Å². The first-order chi connectivity index (χ1) is 1.91. The molecule has 0 aliphatic rings. The molecule has 0 bridgehead atoms. The van der Waals surface area contributed by atoms with Crippen LogP contribution in [-0.2, 0) is 0 Å². The summed E-state index contributed by atoms with van der Waals surface area (Å²) in [5, 5.41) is 0. The smallest absolute Gasteiger partial charge is 0.0824 e. The van der Waals surface area contributed by atoms with Crippen molar-refractivity contribution in [3.05, 3.63) is 12.4 Å². The van der Waals surface area contributed by atoms with E-state index in [4.69, 9.17) is 0 Å². The Balaban J connectivity index is 2.55. The van der Waals surface area contributed by atoms with Crippen LogP contribution in [0.4, 0.5) is 4.39 Å². The Bertz CT molecular complexity index is 18.5. The fraction of sp³-hybridized carbons (Fsp3) is 0.333. The third kappa shape index (κ3) is 1.67. The van der Waals surface area contributed by atoms with Gasteiger partial charge in [0.15, 0.2) is 0 Å². The van der Waals surface area contributed by atoms with Gasteiger partial charge in [-0.05, 0) is 6.92 Å². The number of hydrogen-bond acceptors (Lipinski definition) is 0. The van der Waals surface area contributed by atoms with E-state index < -0.39 is 0 Å². The molecule has 0 N–H and O–H groups in total. The summed E-state index contributed by atoms with van der Waals surface area (Å²) >= 11 is 0. The highest BCUT2D eigenvalue weighted by Gasteiger charge is 1.38. The highest BCUT2D eigenvalue weighted by atomic mass is 19.1. The van der Waals surface area contributed by atoms with Gasteiger partial charge in [0.25, 0.3) is 0 Å². The lowest BCUT2D eigenvalue weighted by atomic mass is 10.8. The first-order valence-corrected chi connectivity index (χ1v) is 1.13. The minimum atomic E-state index is 0.500. The molecule has 0 fully saturated rings. The molecule has 4 heavy (non-hydrogen) atoms. The lowest BCUT2D eigenvalue weighted by Gasteiger charge is -1.45. The van der Waals surface area contributed by atoms with E-state index in [2.05, 4.69) is 0 Å². The molecule has 0 saturated heterocycles. The van der Waals surface area contributed by atoms with E-state index in [0.29, 0.717) is 6.33 Å². The summed E-state index contributed by atoms with van der Waals surface area (Å²) < 4.78 is 10.5. The van der Waals surface area contributed by atoms with Gasteiger partial charge in [-0.15, -0.1) is 0 Å². The highest BCUT2D eigenvalue weighted by Crippen LogP contribution is 1.62. The van der Waals surface area contributed by atoms with Crippen molar-refractivity contribution >= 4 is 0 Å². The second kappa shape index (κ2) is 2.67. The SMILES string of the molecule is C/C=C\F. The van der Waals surface area contributed by atoms with E-state index in [-0.39, 0.29) is 0 Å². The number of halogens is 1. The molecular formula is C3H5F. The Morgan fingerprint density at radius 3 is 2.00 bits per heavy atom. The highest BCUT2D eigenvalue weighted by molar-refractivity contribution is 4.61. The largest absolute Gasteiger partial charge is 0.216 e. The van der Waals surface area contributed by atoms with Gasteiger partial charge in [-0.3, -0.25) is 0 Å². The Morgan fingerprint density at radius 2 is 2.00 bits per heavy atom. The predicted octanol–water partition coefficient (Wildman–Crippen LogP) is 1.49. The second-order valence-electron chi connectivity index (χ2n) is 0.459. The van der Waals surface area contributed by atoms with Crippen LogP contribution in [0.1, 0.15) is 6.92 Å². The topological polar surface area (TPSA) is 0 Å². The van der Waals surface area contributed by atoms with Crippen LogP contribution in [-0.4, -0.2) is 0 Å². The molecule has 0 heterocycles. The summed E-state index contributed by atoms with van der Waals surface area (Å²) in [4.78, 5) is 0. The summed E-state index contributed by atoms with van der Waals surface area (Å²) in [5.41, 5.74) is 0. The Morgan fingerprint density at radius 1 is 1.75 bits per heavy atom. The maximum absolute atomic E-state index is 10.5. The van der Waals surface area contributed by atoms with Crippen molar-refractivity contribution in [2.45, 2.75) is 6.92 Å². The van der Waals surface area contributed by atoms with Crippen molar-refractivity contribution in [2.75, 3.05) is 0 Å². The van der Waals surface area contributed by atoms with E-state index >= 15 is 0 Å². The molecule has 0 rings (SSSR count). The van der Waals surface area contributed by atoms with Gasteiger partial charge < -0.3 is 0 Å². The molecule has 0 aromatic carbocycles. The van der Waals surface area contributed by atoms with Crippen LogP contribution in [0.2, 0.25) is 0 Å². The third-order valence-electron chi connectivity index (χ3n) is 0.126. The zero-order valence-electron chi connectivity index (χ0n) is 2.53. The van der Waals surface area contributed by atoms with Crippen molar-refractivity contribution in [1.82, 2.24) is 0 Å². The van der Waals surface area contributed by atoms with Crippen LogP contribution in [0.15, 0.2) is 12.4 Å². The maximum atomic E-state index is 10.5. The van der Waals surface area contributed by atoms with Gasteiger partial charge in [0, 0.05) is 0 Å². The van der Waals surface area contributed by atoms with E-state index in [0.717, 1.165) is 0 Å². The zero-order chi connectivity index (χ0) is 3.41. The molecule has 24 valence electrons. The molecule has 0 spiro atoms. The van der Waals surface area contributed by atoms with Crippen LogP contribution >= 0.6 is 0 Å². The molecule has 0 amide bonds. The van der Waals surface area contributed by atoms with Crippen molar-refractivity contribution in [1.29, 1.82) is 0 Å². The Kier molecular flexibility index (Phi) is 2.45. The molecule has 0 saturated carbocycles. The average Bonchev–Trinajstić information content (AvgIpc) is 1.37. The lowest BCUT2D eigenvalue weighted by molar-refractivity contribution is 0.719. The second-order valence-corrected chi connectivity index (χ2v) is 0.459. The molecule has 0 unspecified atom stereocenters. The van der Waals surface area contributed by atoms with E-state index in [9.17, 15) is 4.39 Å². The van der Waals surface area contributed by atoms with Crippen molar-refractivity contribution in [3.8, 4) is 0 Å². The van der Waals surface area contributed by atoms with E-state index in [1.54, 1.807) is 6.92 Å². The third-order valence-corrected chi connectivity index (χ3v) is 0.126. The first kappa shape index (κ1) is 3.67. The van der Waals surface area contributed by atoms with Gasteiger partial charge >= 0.3 is 0 Å². The molecule has 0 atom stereocenters.